The maximum atomic E-state index is 12.8. The van der Waals surface area contributed by atoms with Gasteiger partial charge in [-0.25, -0.2) is 19.6 Å². The highest BCUT2D eigenvalue weighted by atomic mass is 16.6. The molecule has 2 aromatic heterocycles. The minimum absolute atomic E-state index is 0.119. The lowest BCUT2D eigenvalue weighted by Gasteiger charge is -2.27. The molecule has 0 saturated carbocycles. The predicted octanol–water partition coefficient (Wildman–Crippen LogP) is 8.01. The van der Waals surface area contributed by atoms with Gasteiger partial charge in [-0.05, 0) is 102 Å². The number of carbonyl (C=O) groups excluding carboxylic acids is 2. The number of imidazole rings is 2. The molecule has 2 amide bonds. The zero-order valence-electron chi connectivity index (χ0n) is 28.6. The Kier molecular flexibility index (Phi) is 9.06. The molecular formula is C38H44N6O4. The first-order valence-corrected chi connectivity index (χ1v) is 16.6. The monoisotopic (exact) mass is 648 g/mol. The van der Waals surface area contributed by atoms with Gasteiger partial charge in [-0.3, -0.25) is 9.80 Å². The summed E-state index contributed by atoms with van der Waals surface area (Å²) in [5.41, 5.74) is 4.62. The van der Waals surface area contributed by atoms with Gasteiger partial charge in [0.2, 0.25) is 0 Å². The molecule has 0 radical (unpaired) electrons. The van der Waals surface area contributed by atoms with Crippen LogP contribution in [0.3, 0.4) is 0 Å². The second-order valence-electron chi connectivity index (χ2n) is 14.4. The van der Waals surface area contributed by atoms with Crippen molar-refractivity contribution in [3.05, 3.63) is 83.8 Å². The first-order chi connectivity index (χ1) is 22.8. The largest absolute Gasteiger partial charge is 0.444 e. The molecule has 6 rings (SSSR count). The summed E-state index contributed by atoms with van der Waals surface area (Å²) < 4.78 is 11.2. The molecule has 2 aromatic carbocycles. The number of rotatable bonds is 4. The smallest absolute Gasteiger partial charge is 0.410 e. The van der Waals surface area contributed by atoms with Gasteiger partial charge in [0, 0.05) is 18.7 Å². The normalized spacial score (nSPS) is 18.0. The van der Waals surface area contributed by atoms with Gasteiger partial charge < -0.3 is 19.4 Å². The number of aromatic nitrogens is 4. The number of H-pyrrole nitrogens is 2. The topological polar surface area (TPSA) is 116 Å². The Labute approximate surface area is 282 Å². The summed E-state index contributed by atoms with van der Waals surface area (Å²) in [6.45, 7) is 12.6. The van der Waals surface area contributed by atoms with Gasteiger partial charge in [0.05, 0.1) is 30.2 Å². The molecule has 2 fully saturated rings. The Morgan fingerprint density at radius 3 is 1.71 bits per heavy atom. The van der Waals surface area contributed by atoms with Crippen LogP contribution in [-0.2, 0) is 9.47 Å². The maximum absolute atomic E-state index is 12.8. The summed E-state index contributed by atoms with van der Waals surface area (Å²) in [6, 6.07) is 16.2. The van der Waals surface area contributed by atoms with Crippen LogP contribution >= 0.6 is 0 Å². The lowest BCUT2D eigenvalue weighted by Crippen LogP contribution is -2.36. The second kappa shape index (κ2) is 13.2. The van der Waals surface area contributed by atoms with Gasteiger partial charge >= 0.3 is 12.2 Å². The van der Waals surface area contributed by atoms with E-state index < -0.39 is 11.2 Å². The SMILES string of the molecule is CC(C)(C)OC(=O)N1CCCC1c1ncc(C#Cc2ccc(-c3ccc(-c4cnc([C@@H]5CCCN5C(=O)OC(C)(C)C)[nH]4)cc3)cc2)[nH]1. The third-order valence-electron chi connectivity index (χ3n) is 8.34. The fourth-order valence-electron chi connectivity index (χ4n) is 6.13. The summed E-state index contributed by atoms with van der Waals surface area (Å²) in [6.07, 6.45) is 6.44. The number of carbonyl (C=O) groups is 2. The van der Waals surface area contributed by atoms with Crippen molar-refractivity contribution < 1.29 is 19.1 Å². The quantitative estimate of drug-likeness (QED) is 0.217. The Bertz CT molecular complexity index is 1820. The maximum Gasteiger partial charge on any atom is 0.410 e. The molecule has 10 nitrogen and oxygen atoms in total. The van der Waals surface area contributed by atoms with Gasteiger partial charge in [-0.2, -0.15) is 0 Å². The lowest BCUT2D eigenvalue weighted by atomic mass is 10.0. The number of hydrogen-bond acceptors (Lipinski definition) is 6. The zero-order chi connectivity index (χ0) is 34.1. The average molecular weight is 649 g/mol. The van der Waals surface area contributed by atoms with Crippen molar-refractivity contribution in [3.8, 4) is 34.2 Å². The van der Waals surface area contributed by atoms with Crippen molar-refractivity contribution in [3.63, 3.8) is 0 Å². The van der Waals surface area contributed by atoms with E-state index in [2.05, 4.69) is 68.2 Å². The van der Waals surface area contributed by atoms with Crippen LogP contribution in [0.25, 0.3) is 22.4 Å². The molecule has 48 heavy (non-hydrogen) atoms. The molecule has 4 aromatic rings. The fraction of sp³-hybridized carbons (Fsp3) is 0.421. The molecule has 2 saturated heterocycles. The fourth-order valence-corrected chi connectivity index (χ4v) is 6.13. The van der Waals surface area contributed by atoms with E-state index in [0.29, 0.717) is 18.8 Å². The molecule has 250 valence electrons. The number of nitrogens with zero attached hydrogens (tertiary/aromatic N) is 4. The van der Waals surface area contributed by atoms with Gasteiger partial charge in [-0.15, -0.1) is 0 Å². The third kappa shape index (κ3) is 7.73. The highest BCUT2D eigenvalue weighted by molar-refractivity contribution is 5.71. The second-order valence-corrected chi connectivity index (χ2v) is 14.4. The van der Waals surface area contributed by atoms with E-state index in [0.717, 1.165) is 65.3 Å². The molecule has 10 heteroatoms. The summed E-state index contributed by atoms with van der Waals surface area (Å²) in [5, 5.41) is 0. The van der Waals surface area contributed by atoms with Crippen LogP contribution < -0.4 is 0 Å². The zero-order valence-corrected chi connectivity index (χ0v) is 28.6. The third-order valence-corrected chi connectivity index (χ3v) is 8.34. The van der Waals surface area contributed by atoms with Crippen LogP contribution in [0.1, 0.15) is 102 Å². The molecule has 2 aliphatic rings. The van der Waals surface area contributed by atoms with Crippen molar-refractivity contribution in [2.45, 2.75) is 90.5 Å². The molecule has 1 unspecified atom stereocenters. The number of ether oxygens (including phenoxy) is 2. The molecule has 0 aliphatic carbocycles. The van der Waals surface area contributed by atoms with E-state index in [-0.39, 0.29) is 24.3 Å². The Morgan fingerprint density at radius 2 is 1.17 bits per heavy atom. The van der Waals surface area contributed by atoms with Crippen molar-refractivity contribution in [2.24, 2.45) is 0 Å². The minimum atomic E-state index is -0.543. The van der Waals surface area contributed by atoms with Crippen molar-refractivity contribution in [1.82, 2.24) is 29.7 Å². The minimum Gasteiger partial charge on any atom is -0.444 e. The number of likely N-dealkylation sites (tertiary alicyclic amines) is 2. The Hall–Kier alpha value is -5.04. The standard InChI is InChI=1S/C38H44N6O4/c1-37(2,3)47-35(45)43-21-7-9-31(43)33-39-23-29(41-33)20-13-25-11-14-26(15-12-25)27-16-18-28(19-17-27)30-24-40-34(42-30)32-10-8-22-44(32)36(46)48-38(4,5)6/h11-12,14-19,23-24,31-32H,7-10,21-22H2,1-6H3,(H,39,41)(H,40,42)/t31?,32-/m0/s1. The number of aromatic amines is 2. The van der Waals surface area contributed by atoms with E-state index in [9.17, 15) is 9.59 Å². The van der Waals surface area contributed by atoms with E-state index in [1.165, 1.54) is 0 Å². The number of amides is 2. The lowest BCUT2D eigenvalue weighted by molar-refractivity contribution is 0.0208. The van der Waals surface area contributed by atoms with Gasteiger partial charge in [-0.1, -0.05) is 42.3 Å². The van der Waals surface area contributed by atoms with E-state index >= 15 is 0 Å². The van der Waals surface area contributed by atoms with Crippen LogP contribution in [0, 0.1) is 11.8 Å². The van der Waals surface area contributed by atoms with E-state index in [1.807, 2.05) is 59.9 Å². The summed E-state index contributed by atoms with van der Waals surface area (Å²) in [4.78, 5) is 44.9. The van der Waals surface area contributed by atoms with Crippen molar-refractivity contribution in [1.29, 1.82) is 0 Å². The average Bonchev–Trinajstić information content (AvgIpc) is 3.85. The van der Waals surface area contributed by atoms with Crippen LogP contribution in [0.5, 0.6) is 0 Å². The van der Waals surface area contributed by atoms with E-state index in [4.69, 9.17) is 9.47 Å². The Balaban J connectivity index is 1.08. The summed E-state index contributed by atoms with van der Waals surface area (Å²) in [7, 11) is 0. The summed E-state index contributed by atoms with van der Waals surface area (Å²) in [5.74, 6) is 7.90. The molecule has 2 aliphatic heterocycles. The van der Waals surface area contributed by atoms with Crippen LogP contribution in [0.4, 0.5) is 9.59 Å². The van der Waals surface area contributed by atoms with Crippen LogP contribution in [0.15, 0.2) is 60.9 Å². The number of nitrogens with one attached hydrogen (secondary N) is 2. The van der Waals surface area contributed by atoms with Crippen molar-refractivity contribution in [2.75, 3.05) is 13.1 Å². The first kappa shape index (κ1) is 32.9. The van der Waals surface area contributed by atoms with Crippen LogP contribution in [-0.4, -0.2) is 66.2 Å². The number of benzene rings is 2. The number of hydrogen-bond donors (Lipinski definition) is 2. The Morgan fingerprint density at radius 1 is 0.688 bits per heavy atom. The van der Waals surface area contributed by atoms with E-state index in [1.54, 1.807) is 16.0 Å². The first-order valence-electron chi connectivity index (χ1n) is 16.6. The predicted molar refractivity (Wildman–Crippen MR) is 184 cm³/mol. The molecule has 2 N–H and O–H groups in total. The molecular weight excluding hydrogens is 604 g/mol. The molecule has 0 bridgehead atoms. The molecule has 4 heterocycles. The van der Waals surface area contributed by atoms with Crippen LogP contribution in [0.2, 0.25) is 0 Å². The van der Waals surface area contributed by atoms with Gasteiger partial charge in [0.1, 0.15) is 28.5 Å². The highest BCUT2D eigenvalue weighted by Gasteiger charge is 2.36. The molecule has 2 atom stereocenters. The molecule has 0 spiro atoms. The highest BCUT2D eigenvalue weighted by Crippen LogP contribution is 2.34. The van der Waals surface area contributed by atoms with Gasteiger partial charge in [0.15, 0.2) is 0 Å². The van der Waals surface area contributed by atoms with Gasteiger partial charge in [0.25, 0.3) is 0 Å². The summed E-state index contributed by atoms with van der Waals surface area (Å²) >= 11 is 0. The van der Waals surface area contributed by atoms with Crippen molar-refractivity contribution >= 4 is 12.2 Å².